The van der Waals surface area contributed by atoms with E-state index in [1.807, 2.05) is 0 Å². The molecule has 1 rings (SSSR count). The summed E-state index contributed by atoms with van der Waals surface area (Å²) >= 11 is 3.43. The van der Waals surface area contributed by atoms with Gasteiger partial charge in [-0.1, -0.05) is 11.6 Å². The van der Waals surface area contributed by atoms with E-state index in [2.05, 4.69) is 5.10 Å². The van der Waals surface area contributed by atoms with Gasteiger partial charge in [-0.3, -0.25) is 4.68 Å². The van der Waals surface area contributed by atoms with Crippen LogP contribution in [-0.2, 0) is 18.1 Å². The fourth-order valence-corrected chi connectivity index (χ4v) is 1.34. The molecule has 10 heavy (non-hydrogen) atoms. The largest absolute Gasteiger partial charge is 0.301 e. The van der Waals surface area contributed by atoms with Crippen LogP contribution in [0.3, 0.4) is 0 Å². The Labute approximate surface area is 65.1 Å². The number of nitrogens with zero attached hydrogens (tertiary/aromatic N) is 2. The number of halogens is 1. The summed E-state index contributed by atoms with van der Waals surface area (Å²) in [5.74, 6) is 0. The van der Waals surface area contributed by atoms with Gasteiger partial charge in [0.15, 0.2) is 10.2 Å². The topological polar surface area (TPSA) is 55.1 Å². The zero-order valence-corrected chi connectivity index (χ0v) is 6.69. The molecule has 0 aliphatic carbocycles. The lowest BCUT2D eigenvalue weighted by Crippen LogP contribution is -1.99. The molecule has 6 heteroatoms. The molecule has 0 bridgehead atoms. The van der Waals surface area contributed by atoms with Crippen molar-refractivity contribution in [3.05, 3.63) is 11.2 Å². The SMILES string of the molecule is Cn1nc(Cl)cc1S(=O)O. The Morgan fingerprint density at radius 2 is 2.50 bits per heavy atom. The summed E-state index contributed by atoms with van der Waals surface area (Å²) in [4.78, 5) is 0. The van der Waals surface area contributed by atoms with Gasteiger partial charge in [0, 0.05) is 13.1 Å². The maximum absolute atomic E-state index is 10.4. The molecule has 0 spiro atoms. The highest BCUT2D eigenvalue weighted by atomic mass is 35.5. The number of hydrogen-bond donors (Lipinski definition) is 1. The van der Waals surface area contributed by atoms with Crippen molar-refractivity contribution >= 4 is 22.7 Å². The Morgan fingerprint density at radius 3 is 2.70 bits per heavy atom. The molecule has 56 valence electrons. The summed E-state index contributed by atoms with van der Waals surface area (Å²) < 4.78 is 20.3. The maximum Gasteiger partial charge on any atom is 0.205 e. The van der Waals surface area contributed by atoms with Gasteiger partial charge in [-0.25, -0.2) is 4.21 Å². The van der Waals surface area contributed by atoms with Crippen LogP contribution in [0, 0.1) is 0 Å². The molecular weight excluding hydrogens is 176 g/mol. The van der Waals surface area contributed by atoms with E-state index < -0.39 is 11.1 Å². The van der Waals surface area contributed by atoms with Crippen LogP contribution in [-0.4, -0.2) is 18.5 Å². The third kappa shape index (κ3) is 1.36. The van der Waals surface area contributed by atoms with Crippen molar-refractivity contribution in [2.75, 3.05) is 0 Å². The van der Waals surface area contributed by atoms with Crippen LogP contribution < -0.4 is 0 Å². The molecule has 4 nitrogen and oxygen atoms in total. The second kappa shape index (κ2) is 2.69. The minimum Gasteiger partial charge on any atom is -0.301 e. The standard InChI is InChI=1S/C4H5ClN2O2S/c1-7-4(10(8)9)2-3(5)6-7/h2H,1H3,(H,8,9). The van der Waals surface area contributed by atoms with Gasteiger partial charge in [0.25, 0.3) is 0 Å². The summed E-state index contributed by atoms with van der Waals surface area (Å²) in [5, 5.41) is 4.08. The fourth-order valence-electron chi connectivity index (χ4n) is 0.580. The number of hydrogen-bond acceptors (Lipinski definition) is 2. The Bertz CT molecular complexity index is 272. The minimum absolute atomic E-state index is 0.199. The van der Waals surface area contributed by atoms with Crippen LogP contribution in [0.25, 0.3) is 0 Å². The van der Waals surface area contributed by atoms with Crippen molar-refractivity contribution in [2.45, 2.75) is 5.03 Å². The van der Waals surface area contributed by atoms with Gasteiger partial charge in [-0.2, -0.15) is 5.10 Å². The summed E-state index contributed by atoms with van der Waals surface area (Å²) in [5.41, 5.74) is 0. The Balaban J connectivity index is 3.15. The molecule has 0 aromatic carbocycles. The van der Waals surface area contributed by atoms with E-state index in [4.69, 9.17) is 16.2 Å². The van der Waals surface area contributed by atoms with Crippen LogP contribution in [0.1, 0.15) is 0 Å². The van der Waals surface area contributed by atoms with E-state index in [-0.39, 0.29) is 10.2 Å². The second-order valence-electron chi connectivity index (χ2n) is 1.68. The zero-order chi connectivity index (χ0) is 7.72. The first kappa shape index (κ1) is 7.71. The van der Waals surface area contributed by atoms with E-state index in [9.17, 15) is 4.21 Å². The molecule has 1 aromatic heterocycles. The molecular formula is C4H5ClN2O2S. The van der Waals surface area contributed by atoms with Gasteiger partial charge < -0.3 is 4.55 Å². The van der Waals surface area contributed by atoms with Gasteiger partial charge in [0.05, 0.1) is 0 Å². The molecule has 0 amide bonds. The smallest absolute Gasteiger partial charge is 0.205 e. The quantitative estimate of drug-likeness (QED) is 0.646. The lowest BCUT2D eigenvalue weighted by atomic mass is 10.7. The number of aryl methyl sites for hydroxylation is 1. The molecule has 0 saturated carbocycles. The highest BCUT2D eigenvalue weighted by Gasteiger charge is 2.06. The van der Waals surface area contributed by atoms with E-state index in [0.717, 1.165) is 0 Å². The van der Waals surface area contributed by atoms with Crippen LogP contribution in [0.15, 0.2) is 11.1 Å². The summed E-state index contributed by atoms with van der Waals surface area (Å²) in [7, 11) is 1.55. The second-order valence-corrected chi connectivity index (χ2v) is 2.98. The first-order valence-corrected chi connectivity index (χ1v) is 3.90. The zero-order valence-electron chi connectivity index (χ0n) is 5.11. The molecule has 1 N–H and O–H groups in total. The molecule has 0 aliphatic rings. The van der Waals surface area contributed by atoms with E-state index >= 15 is 0 Å². The van der Waals surface area contributed by atoms with E-state index in [1.54, 1.807) is 7.05 Å². The Hall–Kier alpha value is -0.390. The van der Waals surface area contributed by atoms with Crippen LogP contribution in [0.2, 0.25) is 5.15 Å². The highest BCUT2D eigenvalue weighted by molar-refractivity contribution is 7.79. The van der Waals surface area contributed by atoms with Crippen LogP contribution >= 0.6 is 11.6 Å². The first-order valence-electron chi connectivity index (χ1n) is 2.41. The normalized spacial score (nSPS) is 13.5. The molecule has 0 fully saturated rings. The molecule has 0 radical (unpaired) electrons. The summed E-state index contributed by atoms with van der Waals surface area (Å²) in [6.45, 7) is 0. The first-order chi connectivity index (χ1) is 4.61. The Kier molecular flexibility index (Phi) is 2.08. The van der Waals surface area contributed by atoms with Crippen molar-refractivity contribution in [1.82, 2.24) is 9.78 Å². The summed E-state index contributed by atoms with van der Waals surface area (Å²) in [6, 6.07) is 1.34. The average molecular weight is 181 g/mol. The molecule has 1 atom stereocenters. The van der Waals surface area contributed by atoms with Crippen molar-refractivity contribution < 1.29 is 8.76 Å². The molecule has 1 unspecified atom stereocenters. The van der Waals surface area contributed by atoms with Gasteiger partial charge in [-0.05, 0) is 0 Å². The van der Waals surface area contributed by atoms with E-state index in [1.165, 1.54) is 10.7 Å². The third-order valence-corrected chi connectivity index (χ3v) is 1.91. The molecule has 0 saturated heterocycles. The number of aromatic nitrogens is 2. The van der Waals surface area contributed by atoms with Gasteiger partial charge in [0.1, 0.15) is 0 Å². The molecule has 0 aliphatic heterocycles. The predicted octanol–water partition coefficient (Wildman–Crippen LogP) is 0.654. The average Bonchev–Trinajstić information content (AvgIpc) is 2.10. The van der Waals surface area contributed by atoms with Crippen molar-refractivity contribution in [2.24, 2.45) is 7.05 Å². The number of rotatable bonds is 1. The Morgan fingerprint density at radius 1 is 1.90 bits per heavy atom. The van der Waals surface area contributed by atoms with Gasteiger partial charge in [0.2, 0.25) is 11.1 Å². The maximum atomic E-state index is 10.4. The van der Waals surface area contributed by atoms with Crippen molar-refractivity contribution in [3.63, 3.8) is 0 Å². The van der Waals surface area contributed by atoms with Crippen LogP contribution in [0.4, 0.5) is 0 Å². The van der Waals surface area contributed by atoms with Gasteiger partial charge >= 0.3 is 0 Å². The minimum atomic E-state index is -2.00. The van der Waals surface area contributed by atoms with Crippen molar-refractivity contribution in [3.8, 4) is 0 Å². The molecule has 1 aromatic rings. The highest BCUT2D eigenvalue weighted by Crippen LogP contribution is 2.10. The van der Waals surface area contributed by atoms with Gasteiger partial charge in [-0.15, -0.1) is 0 Å². The van der Waals surface area contributed by atoms with Crippen molar-refractivity contribution in [1.29, 1.82) is 0 Å². The lowest BCUT2D eigenvalue weighted by Gasteiger charge is -1.91. The fraction of sp³-hybridized carbons (Fsp3) is 0.250. The lowest BCUT2D eigenvalue weighted by molar-refractivity contribution is 0.547. The molecule has 1 heterocycles. The summed E-state index contributed by atoms with van der Waals surface area (Å²) in [6.07, 6.45) is 0. The predicted molar refractivity (Wildman–Crippen MR) is 37.3 cm³/mol. The van der Waals surface area contributed by atoms with Crippen LogP contribution in [0.5, 0.6) is 0 Å². The third-order valence-electron chi connectivity index (χ3n) is 0.986. The monoisotopic (exact) mass is 180 g/mol. The van der Waals surface area contributed by atoms with E-state index in [0.29, 0.717) is 0 Å².